The molecule has 4 rings (SSSR count). The van der Waals surface area contributed by atoms with Crippen LogP contribution in [0.3, 0.4) is 0 Å². The molecule has 0 saturated carbocycles. The Morgan fingerprint density at radius 3 is 2.55 bits per heavy atom. The number of aromatic nitrogens is 1. The van der Waals surface area contributed by atoms with E-state index in [-0.39, 0.29) is 28.3 Å². The number of nitrogens with zero attached hydrogens (tertiary/aromatic N) is 1. The van der Waals surface area contributed by atoms with Crippen molar-refractivity contribution in [1.29, 1.82) is 0 Å². The number of halogens is 2. The molecule has 1 N–H and O–H groups in total. The first-order chi connectivity index (χ1) is 14.0. The fourth-order valence-electron chi connectivity index (χ4n) is 3.05. The lowest BCUT2D eigenvalue weighted by atomic mass is 10.1. The summed E-state index contributed by atoms with van der Waals surface area (Å²) in [6.07, 6.45) is -0.970. The molecule has 1 heterocycles. The highest BCUT2D eigenvalue weighted by atomic mass is 35.5. The number of ether oxygens (including phenoxy) is 1. The molecule has 146 valence electrons. The van der Waals surface area contributed by atoms with Gasteiger partial charge in [0, 0.05) is 12.0 Å². The summed E-state index contributed by atoms with van der Waals surface area (Å²) < 4.78 is 25.1. The van der Waals surface area contributed by atoms with Gasteiger partial charge < -0.3 is 14.4 Å². The van der Waals surface area contributed by atoms with Gasteiger partial charge in [-0.15, -0.1) is 0 Å². The summed E-state index contributed by atoms with van der Waals surface area (Å²) >= 11 is 6.39. The van der Waals surface area contributed by atoms with Gasteiger partial charge in [-0.2, -0.15) is 0 Å². The van der Waals surface area contributed by atoms with E-state index in [1.807, 2.05) is 30.3 Å². The third kappa shape index (κ3) is 3.79. The molecule has 0 aliphatic rings. The topological polar surface area (TPSA) is 72.6 Å². The minimum atomic E-state index is -1.14. The van der Waals surface area contributed by atoms with E-state index in [0.717, 1.165) is 5.56 Å². The molecule has 1 aromatic heterocycles. The van der Waals surface area contributed by atoms with Crippen molar-refractivity contribution in [2.45, 2.75) is 12.5 Å². The van der Waals surface area contributed by atoms with Gasteiger partial charge in [0.05, 0.1) is 5.39 Å². The second-order valence-electron chi connectivity index (χ2n) is 6.40. The quantitative estimate of drug-likeness (QED) is 0.462. The highest BCUT2D eigenvalue weighted by molar-refractivity contribution is 6.36. The Bertz CT molecular complexity index is 1180. The van der Waals surface area contributed by atoms with Gasteiger partial charge in [-0.3, -0.25) is 0 Å². The Labute approximate surface area is 170 Å². The Kier molecular flexibility index (Phi) is 5.18. The molecule has 0 saturated heterocycles. The molecule has 1 atom stereocenters. The maximum Gasteiger partial charge on any atom is 0.345 e. The number of carbonyl (C=O) groups is 1. The maximum absolute atomic E-state index is 14.1. The van der Waals surface area contributed by atoms with Crippen LogP contribution in [-0.4, -0.2) is 22.3 Å². The van der Waals surface area contributed by atoms with Crippen LogP contribution in [0.2, 0.25) is 5.02 Å². The molecule has 0 bridgehead atoms. The highest BCUT2D eigenvalue weighted by Gasteiger charge is 2.24. The van der Waals surface area contributed by atoms with Gasteiger partial charge in [0.1, 0.15) is 22.3 Å². The number of aliphatic carboxylic acids is 1. The molecule has 0 amide bonds. The highest BCUT2D eigenvalue weighted by Crippen LogP contribution is 2.38. The van der Waals surface area contributed by atoms with Gasteiger partial charge >= 0.3 is 5.97 Å². The van der Waals surface area contributed by atoms with Crippen molar-refractivity contribution in [1.82, 2.24) is 5.16 Å². The van der Waals surface area contributed by atoms with Crippen molar-refractivity contribution in [3.63, 3.8) is 0 Å². The van der Waals surface area contributed by atoms with Crippen molar-refractivity contribution in [3.8, 4) is 17.0 Å². The number of hydrogen-bond acceptors (Lipinski definition) is 4. The van der Waals surface area contributed by atoms with Crippen LogP contribution < -0.4 is 4.74 Å². The number of fused-ring (bicyclic) bond motifs is 1. The van der Waals surface area contributed by atoms with E-state index < -0.39 is 17.9 Å². The summed E-state index contributed by atoms with van der Waals surface area (Å²) in [4.78, 5) is 11.7. The summed E-state index contributed by atoms with van der Waals surface area (Å²) in [5.41, 5.74) is 1.61. The smallest absolute Gasteiger partial charge is 0.345 e. The van der Waals surface area contributed by atoms with Crippen molar-refractivity contribution in [3.05, 3.63) is 83.1 Å². The van der Waals surface area contributed by atoms with Crippen molar-refractivity contribution < 1.29 is 23.6 Å². The van der Waals surface area contributed by atoms with Crippen molar-refractivity contribution in [2.75, 3.05) is 0 Å². The summed E-state index contributed by atoms with van der Waals surface area (Å²) in [6, 6.07) is 18.5. The first-order valence-electron chi connectivity index (χ1n) is 8.81. The molecule has 5 nitrogen and oxygen atoms in total. The molecule has 0 aliphatic carbocycles. The molecule has 1 unspecified atom stereocenters. The Morgan fingerprint density at radius 1 is 1.10 bits per heavy atom. The molecule has 3 aromatic carbocycles. The lowest BCUT2D eigenvalue weighted by Crippen LogP contribution is -2.29. The molecular formula is C22H15ClFNO4. The van der Waals surface area contributed by atoms with E-state index in [1.54, 1.807) is 24.3 Å². The minimum Gasteiger partial charge on any atom is -0.478 e. The maximum atomic E-state index is 14.1. The molecule has 7 heteroatoms. The normalized spacial score (nSPS) is 12.1. The van der Waals surface area contributed by atoms with Crippen molar-refractivity contribution >= 4 is 28.5 Å². The zero-order valence-electron chi connectivity index (χ0n) is 15.0. The van der Waals surface area contributed by atoms with Gasteiger partial charge in [-0.1, -0.05) is 59.2 Å². The second kappa shape index (κ2) is 7.93. The van der Waals surface area contributed by atoms with Crippen LogP contribution in [-0.2, 0) is 11.2 Å². The van der Waals surface area contributed by atoms with Crippen LogP contribution in [0.25, 0.3) is 22.2 Å². The third-order valence-corrected chi connectivity index (χ3v) is 4.84. The third-order valence-electron chi connectivity index (χ3n) is 4.48. The van der Waals surface area contributed by atoms with E-state index in [1.165, 1.54) is 12.1 Å². The van der Waals surface area contributed by atoms with Gasteiger partial charge in [0.25, 0.3) is 0 Å². The molecule has 0 spiro atoms. The van der Waals surface area contributed by atoms with Gasteiger partial charge in [-0.05, 0) is 29.8 Å². The average molecular weight is 412 g/mol. The van der Waals surface area contributed by atoms with E-state index in [0.29, 0.717) is 11.1 Å². The Hall–Kier alpha value is -3.38. The van der Waals surface area contributed by atoms with Gasteiger partial charge in [-0.25, -0.2) is 9.18 Å². The van der Waals surface area contributed by atoms with E-state index in [9.17, 15) is 14.3 Å². The summed E-state index contributed by atoms with van der Waals surface area (Å²) in [5, 5.41) is 14.1. The van der Waals surface area contributed by atoms with Crippen LogP contribution in [0.1, 0.15) is 5.56 Å². The number of rotatable bonds is 6. The monoisotopic (exact) mass is 411 g/mol. The molecule has 0 aliphatic heterocycles. The fourth-order valence-corrected chi connectivity index (χ4v) is 3.30. The first kappa shape index (κ1) is 19.0. The lowest BCUT2D eigenvalue weighted by molar-refractivity contribution is -0.145. The van der Waals surface area contributed by atoms with Crippen LogP contribution >= 0.6 is 11.6 Å². The number of hydrogen-bond donors (Lipinski definition) is 1. The van der Waals surface area contributed by atoms with E-state index >= 15 is 0 Å². The number of carboxylic acids is 1. The predicted molar refractivity (Wildman–Crippen MR) is 107 cm³/mol. The average Bonchev–Trinajstić information content (AvgIpc) is 3.15. The van der Waals surface area contributed by atoms with Gasteiger partial charge in [0.2, 0.25) is 0 Å². The Morgan fingerprint density at radius 2 is 1.83 bits per heavy atom. The van der Waals surface area contributed by atoms with Crippen LogP contribution in [0.5, 0.6) is 5.75 Å². The van der Waals surface area contributed by atoms with Crippen molar-refractivity contribution in [2.24, 2.45) is 0 Å². The second-order valence-corrected chi connectivity index (χ2v) is 6.78. The van der Waals surface area contributed by atoms with Crippen LogP contribution in [0.4, 0.5) is 4.39 Å². The summed E-state index contributed by atoms with van der Waals surface area (Å²) in [6.45, 7) is 0. The summed E-state index contributed by atoms with van der Waals surface area (Å²) in [7, 11) is 0. The van der Waals surface area contributed by atoms with Crippen LogP contribution in [0, 0.1) is 5.82 Å². The zero-order valence-corrected chi connectivity index (χ0v) is 15.8. The fraction of sp³-hybridized carbons (Fsp3) is 0.0909. The minimum absolute atomic E-state index is 0.0805. The largest absolute Gasteiger partial charge is 0.478 e. The SMILES string of the molecule is O=C(O)C(Cc1ccccc1)Oc1ccc2c(-c3ccccc3F)noc2c1Cl. The molecule has 4 aromatic rings. The molecule has 29 heavy (non-hydrogen) atoms. The number of benzene rings is 3. The van der Waals surface area contributed by atoms with Gasteiger partial charge in [0.15, 0.2) is 11.7 Å². The lowest BCUT2D eigenvalue weighted by Gasteiger charge is -2.16. The van der Waals surface area contributed by atoms with Crippen LogP contribution in [0.15, 0.2) is 71.3 Å². The zero-order chi connectivity index (χ0) is 20.4. The number of carboxylic acid groups (broad SMARTS) is 1. The predicted octanol–water partition coefficient (Wildman–Crippen LogP) is 5.36. The molecule has 0 radical (unpaired) electrons. The van der Waals surface area contributed by atoms with E-state index in [4.69, 9.17) is 20.9 Å². The Balaban J connectivity index is 1.67. The standard InChI is InChI=1S/C22H15ClFNO4/c23-19-17(28-18(22(26)27)12-13-6-2-1-3-7-13)11-10-15-20(25-29-21(15)19)14-8-4-5-9-16(14)24/h1-11,18H,12H2,(H,26,27). The van der Waals surface area contributed by atoms with E-state index in [2.05, 4.69) is 5.16 Å². The first-order valence-corrected chi connectivity index (χ1v) is 9.18. The summed E-state index contributed by atoms with van der Waals surface area (Å²) in [5.74, 6) is -1.40. The molecule has 0 fully saturated rings. The molecular weight excluding hydrogens is 397 g/mol.